The van der Waals surface area contributed by atoms with Crippen molar-refractivity contribution in [3.63, 3.8) is 0 Å². The first-order chi connectivity index (χ1) is 15.5. The number of benzene rings is 3. The molecule has 0 aliphatic heterocycles. The maximum atomic E-state index is 12.7. The van der Waals surface area contributed by atoms with Crippen molar-refractivity contribution in [2.24, 2.45) is 0 Å². The zero-order chi connectivity index (χ0) is 22.7. The molecule has 0 spiro atoms. The lowest BCUT2D eigenvalue weighted by Crippen LogP contribution is -2.14. The molecule has 0 aliphatic carbocycles. The van der Waals surface area contributed by atoms with Crippen molar-refractivity contribution >= 4 is 34.3 Å². The highest BCUT2D eigenvalue weighted by molar-refractivity contribution is 6.33. The van der Waals surface area contributed by atoms with Crippen LogP contribution in [0.2, 0.25) is 5.02 Å². The number of carbonyl (C=O) groups is 1. The molecule has 0 fully saturated rings. The molecule has 0 radical (unpaired) electrons. The SMILES string of the molecule is COc1cc(CC(=O)Nc2ccc3oc(-c4ccccc4Cl)nc3c2)cc(OC)c1OC. The average Bonchev–Trinajstić information content (AvgIpc) is 3.21. The fourth-order valence-corrected chi connectivity index (χ4v) is 3.60. The molecule has 4 rings (SSSR count). The van der Waals surface area contributed by atoms with Crippen LogP contribution < -0.4 is 19.5 Å². The molecule has 3 aromatic carbocycles. The first-order valence-electron chi connectivity index (χ1n) is 9.76. The van der Waals surface area contributed by atoms with E-state index in [4.69, 9.17) is 30.2 Å². The van der Waals surface area contributed by atoms with Gasteiger partial charge in [-0.05, 0) is 48.0 Å². The van der Waals surface area contributed by atoms with Gasteiger partial charge in [-0.15, -0.1) is 0 Å². The topological polar surface area (TPSA) is 82.8 Å². The van der Waals surface area contributed by atoms with Gasteiger partial charge in [0, 0.05) is 5.69 Å². The van der Waals surface area contributed by atoms with Crippen LogP contribution in [0.4, 0.5) is 5.69 Å². The minimum atomic E-state index is -0.201. The zero-order valence-corrected chi connectivity index (χ0v) is 18.5. The molecule has 1 aromatic heterocycles. The standard InChI is InChI=1S/C24H21ClN2O5/c1-29-20-10-14(11-21(30-2)23(20)31-3)12-22(28)26-15-8-9-19-18(13-15)27-24(32-19)16-6-4-5-7-17(16)25/h4-11,13H,12H2,1-3H3,(H,26,28). The number of nitrogens with zero attached hydrogens (tertiary/aromatic N) is 1. The van der Waals surface area contributed by atoms with Crippen molar-refractivity contribution in [2.45, 2.75) is 6.42 Å². The van der Waals surface area contributed by atoms with Crippen LogP contribution in [0.5, 0.6) is 17.2 Å². The second-order valence-corrected chi connectivity index (χ2v) is 7.35. The molecule has 0 saturated heterocycles. The normalized spacial score (nSPS) is 10.8. The van der Waals surface area contributed by atoms with Crippen molar-refractivity contribution < 1.29 is 23.4 Å². The number of rotatable bonds is 7. The number of hydrogen-bond donors (Lipinski definition) is 1. The summed E-state index contributed by atoms with van der Waals surface area (Å²) in [6.07, 6.45) is 0.123. The number of anilines is 1. The lowest BCUT2D eigenvalue weighted by molar-refractivity contribution is -0.115. The van der Waals surface area contributed by atoms with Crippen molar-refractivity contribution in [3.05, 3.63) is 65.2 Å². The number of ether oxygens (including phenoxy) is 3. The Hall–Kier alpha value is -3.71. The Morgan fingerprint density at radius 3 is 2.38 bits per heavy atom. The third-order valence-corrected chi connectivity index (χ3v) is 5.19. The largest absolute Gasteiger partial charge is 0.493 e. The molecule has 4 aromatic rings. The van der Waals surface area contributed by atoms with Crippen LogP contribution in [0.25, 0.3) is 22.6 Å². The highest BCUT2D eigenvalue weighted by atomic mass is 35.5. The van der Waals surface area contributed by atoms with Gasteiger partial charge in [0.2, 0.25) is 17.5 Å². The number of fused-ring (bicyclic) bond motifs is 1. The minimum Gasteiger partial charge on any atom is -0.493 e. The maximum Gasteiger partial charge on any atom is 0.228 e. The number of amides is 1. The van der Waals surface area contributed by atoms with Crippen molar-refractivity contribution in [1.82, 2.24) is 4.98 Å². The van der Waals surface area contributed by atoms with Gasteiger partial charge in [0.05, 0.1) is 38.3 Å². The van der Waals surface area contributed by atoms with Crippen LogP contribution in [-0.4, -0.2) is 32.2 Å². The van der Waals surface area contributed by atoms with Crippen molar-refractivity contribution in [1.29, 1.82) is 0 Å². The van der Waals surface area contributed by atoms with Gasteiger partial charge in [-0.1, -0.05) is 23.7 Å². The molecule has 7 nitrogen and oxygen atoms in total. The molecule has 1 N–H and O–H groups in total. The third kappa shape index (κ3) is 4.33. The minimum absolute atomic E-state index is 0.123. The smallest absolute Gasteiger partial charge is 0.228 e. The van der Waals surface area contributed by atoms with E-state index in [9.17, 15) is 4.79 Å². The molecular formula is C24H21ClN2O5. The monoisotopic (exact) mass is 452 g/mol. The van der Waals surface area contributed by atoms with E-state index in [1.165, 1.54) is 21.3 Å². The Labute approximate surface area is 189 Å². The Kier molecular flexibility index (Phi) is 6.18. The molecular weight excluding hydrogens is 432 g/mol. The first-order valence-corrected chi connectivity index (χ1v) is 10.1. The van der Waals surface area contributed by atoms with Crippen LogP contribution in [0.15, 0.2) is 59.0 Å². The second kappa shape index (κ2) is 9.20. The summed E-state index contributed by atoms with van der Waals surface area (Å²) in [6.45, 7) is 0. The molecule has 0 unspecified atom stereocenters. The lowest BCUT2D eigenvalue weighted by Gasteiger charge is -2.14. The summed E-state index contributed by atoms with van der Waals surface area (Å²) in [5.41, 5.74) is 3.25. The predicted octanol–water partition coefficient (Wildman–Crippen LogP) is 5.36. The van der Waals surface area contributed by atoms with Gasteiger partial charge in [0.25, 0.3) is 0 Å². The first kappa shape index (κ1) is 21.5. The predicted molar refractivity (Wildman–Crippen MR) is 123 cm³/mol. The van der Waals surface area contributed by atoms with Crippen LogP contribution >= 0.6 is 11.6 Å². The van der Waals surface area contributed by atoms with Gasteiger partial charge in [-0.3, -0.25) is 4.79 Å². The summed E-state index contributed by atoms with van der Waals surface area (Å²) < 4.78 is 21.8. The summed E-state index contributed by atoms with van der Waals surface area (Å²) in [7, 11) is 4.60. The number of hydrogen-bond acceptors (Lipinski definition) is 6. The van der Waals surface area contributed by atoms with E-state index >= 15 is 0 Å². The molecule has 8 heteroatoms. The van der Waals surface area contributed by atoms with Crippen LogP contribution in [-0.2, 0) is 11.2 Å². The summed E-state index contributed by atoms with van der Waals surface area (Å²) in [6, 6.07) is 16.1. The van der Waals surface area contributed by atoms with Gasteiger partial charge >= 0.3 is 0 Å². The Morgan fingerprint density at radius 1 is 1.00 bits per heavy atom. The molecule has 164 valence electrons. The molecule has 0 aliphatic rings. The van der Waals surface area contributed by atoms with E-state index in [-0.39, 0.29) is 12.3 Å². The number of methoxy groups -OCH3 is 3. The molecule has 1 amide bonds. The molecule has 0 atom stereocenters. The van der Waals surface area contributed by atoms with Crippen LogP contribution in [0, 0.1) is 0 Å². The summed E-state index contributed by atoms with van der Waals surface area (Å²) in [5.74, 6) is 1.68. The fourth-order valence-electron chi connectivity index (χ4n) is 3.38. The van der Waals surface area contributed by atoms with E-state index in [1.54, 1.807) is 36.4 Å². The van der Waals surface area contributed by atoms with E-state index in [0.717, 1.165) is 5.56 Å². The molecule has 0 saturated carbocycles. The number of halogens is 1. The Balaban J connectivity index is 1.53. The quantitative estimate of drug-likeness (QED) is 0.406. The van der Waals surface area contributed by atoms with Gasteiger partial charge < -0.3 is 23.9 Å². The fraction of sp³-hybridized carbons (Fsp3) is 0.167. The van der Waals surface area contributed by atoms with Crippen molar-refractivity contribution in [2.75, 3.05) is 26.6 Å². The van der Waals surface area contributed by atoms with E-state index in [0.29, 0.717) is 50.5 Å². The van der Waals surface area contributed by atoms with E-state index in [2.05, 4.69) is 10.3 Å². The zero-order valence-electron chi connectivity index (χ0n) is 17.8. The van der Waals surface area contributed by atoms with Gasteiger partial charge in [0.1, 0.15) is 5.52 Å². The second-order valence-electron chi connectivity index (χ2n) is 6.94. The van der Waals surface area contributed by atoms with Gasteiger partial charge in [-0.25, -0.2) is 4.98 Å². The van der Waals surface area contributed by atoms with Crippen LogP contribution in [0.1, 0.15) is 5.56 Å². The third-order valence-electron chi connectivity index (χ3n) is 4.86. The number of nitrogens with one attached hydrogen (secondary N) is 1. The van der Waals surface area contributed by atoms with E-state index < -0.39 is 0 Å². The summed E-state index contributed by atoms with van der Waals surface area (Å²) >= 11 is 6.24. The molecule has 32 heavy (non-hydrogen) atoms. The van der Waals surface area contributed by atoms with E-state index in [1.807, 2.05) is 18.2 Å². The molecule has 1 heterocycles. The summed E-state index contributed by atoms with van der Waals surface area (Å²) in [5, 5.41) is 3.44. The van der Waals surface area contributed by atoms with Crippen molar-refractivity contribution in [3.8, 4) is 28.7 Å². The highest BCUT2D eigenvalue weighted by Gasteiger charge is 2.16. The maximum absolute atomic E-state index is 12.7. The number of aromatic nitrogens is 1. The highest BCUT2D eigenvalue weighted by Crippen LogP contribution is 2.38. The average molecular weight is 453 g/mol. The number of carbonyl (C=O) groups excluding carboxylic acids is 1. The lowest BCUT2D eigenvalue weighted by atomic mass is 10.1. The Bertz CT molecular complexity index is 1260. The van der Waals surface area contributed by atoms with Gasteiger partial charge in [-0.2, -0.15) is 0 Å². The Morgan fingerprint density at radius 2 is 1.72 bits per heavy atom. The molecule has 0 bridgehead atoms. The van der Waals surface area contributed by atoms with Gasteiger partial charge in [0.15, 0.2) is 17.1 Å². The summed E-state index contributed by atoms with van der Waals surface area (Å²) in [4.78, 5) is 17.2. The number of oxazole rings is 1. The van der Waals surface area contributed by atoms with Crippen LogP contribution in [0.3, 0.4) is 0 Å².